The van der Waals surface area contributed by atoms with E-state index in [1.54, 1.807) is 12.1 Å². The van der Waals surface area contributed by atoms with Gasteiger partial charge in [-0.1, -0.05) is 6.07 Å². The Morgan fingerprint density at radius 3 is 2.31 bits per heavy atom. The van der Waals surface area contributed by atoms with Crippen molar-refractivity contribution in [2.75, 3.05) is 5.32 Å². The molecule has 4 aromatic rings. The third-order valence-corrected chi connectivity index (χ3v) is 6.93. The standard InChI is InChI=1S/C25H20FN5O4S/c26-16-5-1-15(2-6-16)25(33)29-17-7-3-14-4-12-20-22(24(27)32)30-31(23(20)21(14)13-17)18-8-10-19(11-9-18)36(28,34)35/h1-3,5-11,13H,4,12H2,(H2,27,32)(H,29,33)(H2,28,34,35). The first kappa shape index (κ1) is 23.4. The Kier molecular flexibility index (Phi) is 5.65. The van der Waals surface area contributed by atoms with E-state index in [1.807, 2.05) is 6.07 Å². The van der Waals surface area contributed by atoms with Gasteiger partial charge in [-0.15, -0.1) is 0 Å². The van der Waals surface area contributed by atoms with Crippen LogP contribution in [0.1, 0.15) is 32.0 Å². The SMILES string of the molecule is NC(=O)c1nn(-c2ccc(S(N)(=O)=O)cc2)c2c1CCc1ccc(NC(=O)c3ccc(F)cc3)cc1-2. The van der Waals surface area contributed by atoms with E-state index in [2.05, 4.69) is 10.4 Å². The highest BCUT2D eigenvalue weighted by atomic mass is 32.2. The minimum Gasteiger partial charge on any atom is -0.364 e. The van der Waals surface area contributed by atoms with Crippen molar-refractivity contribution in [3.8, 4) is 16.9 Å². The molecule has 3 aromatic carbocycles. The van der Waals surface area contributed by atoms with Gasteiger partial charge in [-0.2, -0.15) is 5.10 Å². The molecule has 1 heterocycles. The topological polar surface area (TPSA) is 150 Å². The molecule has 0 aliphatic heterocycles. The highest BCUT2D eigenvalue weighted by molar-refractivity contribution is 7.89. The number of nitrogens with two attached hydrogens (primary N) is 2. The number of fused-ring (bicyclic) bond motifs is 3. The maximum atomic E-state index is 13.2. The second-order valence-corrected chi connectivity index (χ2v) is 9.89. The molecule has 0 saturated carbocycles. The summed E-state index contributed by atoms with van der Waals surface area (Å²) in [6, 6.07) is 16.4. The number of halogens is 1. The largest absolute Gasteiger partial charge is 0.364 e. The highest BCUT2D eigenvalue weighted by Crippen LogP contribution is 2.38. The molecule has 1 aliphatic carbocycles. The van der Waals surface area contributed by atoms with Gasteiger partial charge in [0.15, 0.2) is 5.69 Å². The van der Waals surface area contributed by atoms with Crippen molar-refractivity contribution in [3.05, 3.63) is 94.9 Å². The van der Waals surface area contributed by atoms with Gasteiger partial charge in [0.2, 0.25) is 10.0 Å². The fourth-order valence-electron chi connectivity index (χ4n) is 4.28. The van der Waals surface area contributed by atoms with Crippen molar-refractivity contribution in [2.45, 2.75) is 17.7 Å². The molecule has 2 amide bonds. The lowest BCUT2D eigenvalue weighted by Crippen LogP contribution is -2.15. The molecular formula is C25H20FN5O4S. The number of aryl methyl sites for hydroxylation is 1. The number of carbonyl (C=O) groups excluding carboxylic acids is 2. The molecule has 1 aliphatic rings. The average Bonchev–Trinajstić information content (AvgIpc) is 3.24. The van der Waals surface area contributed by atoms with Gasteiger partial charge in [-0.25, -0.2) is 22.6 Å². The van der Waals surface area contributed by atoms with Gasteiger partial charge < -0.3 is 11.1 Å². The number of nitrogens with zero attached hydrogens (tertiary/aromatic N) is 2. The molecule has 0 saturated heterocycles. The van der Waals surface area contributed by atoms with Gasteiger partial charge >= 0.3 is 0 Å². The van der Waals surface area contributed by atoms with Crippen LogP contribution in [0.3, 0.4) is 0 Å². The van der Waals surface area contributed by atoms with Gasteiger partial charge in [0.25, 0.3) is 11.8 Å². The molecule has 0 atom stereocenters. The number of primary amides is 1. The summed E-state index contributed by atoms with van der Waals surface area (Å²) in [6.07, 6.45) is 1.15. The van der Waals surface area contributed by atoms with Gasteiger partial charge in [-0.3, -0.25) is 9.59 Å². The van der Waals surface area contributed by atoms with Crippen molar-refractivity contribution in [2.24, 2.45) is 10.9 Å². The number of carbonyl (C=O) groups is 2. The van der Waals surface area contributed by atoms with Crippen LogP contribution >= 0.6 is 0 Å². The van der Waals surface area contributed by atoms with Gasteiger partial charge in [0, 0.05) is 22.4 Å². The van der Waals surface area contributed by atoms with Crippen LogP contribution in [0.15, 0.2) is 71.6 Å². The normalized spacial score (nSPS) is 12.5. The average molecular weight is 506 g/mol. The Labute approximate surface area is 205 Å². The zero-order valence-electron chi connectivity index (χ0n) is 18.7. The molecule has 11 heteroatoms. The molecule has 1 aromatic heterocycles. The van der Waals surface area contributed by atoms with Crippen LogP contribution < -0.4 is 16.2 Å². The molecule has 0 bridgehead atoms. The summed E-state index contributed by atoms with van der Waals surface area (Å²) in [6.45, 7) is 0. The lowest BCUT2D eigenvalue weighted by molar-refractivity contribution is 0.0992. The van der Waals surface area contributed by atoms with Crippen molar-refractivity contribution >= 4 is 27.5 Å². The number of anilines is 1. The monoisotopic (exact) mass is 505 g/mol. The number of amides is 2. The zero-order chi connectivity index (χ0) is 25.6. The molecule has 36 heavy (non-hydrogen) atoms. The first-order chi connectivity index (χ1) is 17.1. The molecule has 9 nitrogen and oxygen atoms in total. The number of hydrogen-bond acceptors (Lipinski definition) is 5. The molecular weight excluding hydrogens is 485 g/mol. The van der Waals surface area contributed by atoms with E-state index in [9.17, 15) is 22.4 Å². The zero-order valence-corrected chi connectivity index (χ0v) is 19.5. The summed E-state index contributed by atoms with van der Waals surface area (Å²) in [4.78, 5) is 24.8. The highest BCUT2D eigenvalue weighted by Gasteiger charge is 2.28. The molecule has 5 rings (SSSR count). The molecule has 5 N–H and O–H groups in total. The van der Waals surface area contributed by atoms with E-state index >= 15 is 0 Å². The van der Waals surface area contributed by atoms with Crippen LogP contribution in [0, 0.1) is 5.82 Å². The van der Waals surface area contributed by atoms with Gasteiger partial charge in [0.1, 0.15) is 5.82 Å². The Morgan fingerprint density at radius 1 is 0.972 bits per heavy atom. The van der Waals surface area contributed by atoms with Crippen LogP contribution in [-0.2, 0) is 22.9 Å². The molecule has 0 fully saturated rings. The van der Waals surface area contributed by atoms with E-state index in [0.29, 0.717) is 41.0 Å². The van der Waals surface area contributed by atoms with Crippen LogP contribution in [0.4, 0.5) is 10.1 Å². The van der Waals surface area contributed by atoms with Gasteiger partial charge in [0.05, 0.1) is 16.3 Å². The summed E-state index contributed by atoms with van der Waals surface area (Å²) in [5.41, 5.74) is 10.0. The maximum Gasteiger partial charge on any atom is 0.269 e. The van der Waals surface area contributed by atoms with Gasteiger partial charge in [-0.05, 0) is 79.1 Å². The first-order valence-corrected chi connectivity index (χ1v) is 12.4. The van der Waals surface area contributed by atoms with Crippen molar-refractivity contribution in [1.29, 1.82) is 0 Å². The number of sulfonamides is 1. The van der Waals surface area contributed by atoms with E-state index in [-0.39, 0.29) is 10.6 Å². The van der Waals surface area contributed by atoms with Crippen LogP contribution in [0.25, 0.3) is 16.9 Å². The number of rotatable bonds is 5. The third-order valence-electron chi connectivity index (χ3n) is 6.00. The molecule has 182 valence electrons. The van der Waals surface area contributed by atoms with Crippen LogP contribution in [-0.4, -0.2) is 30.0 Å². The van der Waals surface area contributed by atoms with Crippen molar-refractivity contribution < 1.29 is 22.4 Å². The summed E-state index contributed by atoms with van der Waals surface area (Å²) in [5, 5.41) is 12.5. The molecule has 0 radical (unpaired) electrons. The van der Waals surface area contributed by atoms with E-state index < -0.39 is 27.7 Å². The Morgan fingerprint density at radius 2 is 1.67 bits per heavy atom. The van der Waals surface area contributed by atoms with E-state index in [1.165, 1.54) is 53.2 Å². The number of primary sulfonamides is 1. The summed E-state index contributed by atoms with van der Waals surface area (Å²) >= 11 is 0. The number of hydrogen-bond donors (Lipinski definition) is 3. The third kappa shape index (κ3) is 4.25. The van der Waals surface area contributed by atoms with Crippen molar-refractivity contribution in [3.63, 3.8) is 0 Å². The number of aromatic nitrogens is 2. The number of nitrogens with one attached hydrogen (secondary N) is 1. The summed E-state index contributed by atoms with van der Waals surface area (Å²) in [5.74, 6) is -1.53. The lowest BCUT2D eigenvalue weighted by Gasteiger charge is -2.20. The maximum absolute atomic E-state index is 13.2. The number of benzene rings is 3. The van der Waals surface area contributed by atoms with Crippen molar-refractivity contribution in [1.82, 2.24) is 9.78 Å². The molecule has 0 spiro atoms. The van der Waals surface area contributed by atoms with E-state index in [0.717, 1.165) is 11.1 Å². The van der Waals surface area contributed by atoms with Crippen LogP contribution in [0.5, 0.6) is 0 Å². The quantitative estimate of drug-likeness (QED) is 0.381. The minimum absolute atomic E-state index is 0.0615. The Bertz CT molecular complexity index is 1630. The predicted molar refractivity (Wildman–Crippen MR) is 131 cm³/mol. The smallest absolute Gasteiger partial charge is 0.269 e. The second kappa shape index (κ2) is 8.70. The lowest BCUT2D eigenvalue weighted by atomic mass is 9.88. The van der Waals surface area contributed by atoms with Crippen LogP contribution in [0.2, 0.25) is 0 Å². The second-order valence-electron chi connectivity index (χ2n) is 8.32. The summed E-state index contributed by atoms with van der Waals surface area (Å²) < 4.78 is 38.1. The molecule has 0 unspecified atom stereocenters. The fraction of sp³-hybridized carbons (Fsp3) is 0.0800. The fourth-order valence-corrected chi connectivity index (χ4v) is 4.80. The van der Waals surface area contributed by atoms with E-state index in [4.69, 9.17) is 10.9 Å². The Hall–Kier alpha value is -4.35. The first-order valence-electron chi connectivity index (χ1n) is 10.9. The Balaban J connectivity index is 1.59. The predicted octanol–water partition coefficient (Wildman–Crippen LogP) is 2.78. The summed E-state index contributed by atoms with van der Waals surface area (Å²) in [7, 11) is -3.88. The minimum atomic E-state index is -3.88.